The van der Waals surface area contributed by atoms with Crippen molar-refractivity contribution < 1.29 is 4.74 Å². The molecule has 0 aromatic heterocycles. The van der Waals surface area contributed by atoms with Gasteiger partial charge in [-0.2, -0.15) is 0 Å². The Balaban J connectivity index is 2.59. The smallest absolute Gasteiger partial charge is 0.193 e. The molecule has 0 spiro atoms. The maximum Gasteiger partial charge on any atom is 0.193 e. The van der Waals surface area contributed by atoms with Gasteiger partial charge in [-0.1, -0.05) is 13.8 Å². The van der Waals surface area contributed by atoms with E-state index in [1.54, 1.807) is 0 Å². The van der Waals surface area contributed by atoms with Gasteiger partial charge in [-0.05, 0) is 46.2 Å². The lowest BCUT2D eigenvalue weighted by molar-refractivity contribution is 0.0263. The zero-order valence-electron chi connectivity index (χ0n) is 15.5. The van der Waals surface area contributed by atoms with Crippen molar-refractivity contribution in [2.75, 3.05) is 53.4 Å². The van der Waals surface area contributed by atoms with Gasteiger partial charge in [-0.25, -0.2) is 0 Å². The van der Waals surface area contributed by atoms with Crippen molar-refractivity contribution >= 4 is 5.96 Å². The first-order chi connectivity index (χ1) is 10.4. The Morgan fingerprint density at radius 2 is 1.91 bits per heavy atom. The molecule has 1 N–H and O–H groups in total. The van der Waals surface area contributed by atoms with Crippen LogP contribution in [0.5, 0.6) is 0 Å². The number of nitrogens with one attached hydrogen (secondary N) is 1. The topological polar surface area (TPSA) is 40.1 Å². The third kappa shape index (κ3) is 6.97. The molecule has 0 unspecified atom stereocenters. The first-order valence-corrected chi connectivity index (χ1v) is 8.67. The fourth-order valence-electron chi connectivity index (χ4n) is 3.09. The number of piperidine rings is 1. The van der Waals surface area contributed by atoms with E-state index in [1.807, 2.05) is 0 Å². The molecule has 0 bridgehead atoms. The molecule has 0 atom stereocenters. The summed E-state index contributed by atoms with van der Waals surface area (Å²) in [4.78, 5) is 9.51. The van der Waals surface area contributed by atoms with Gasteiger partial charge in [-0.15, -0.1) is 0 Å². The summed E-state index contributed by atoms with van der Waals surface area (Å²) in [7, 11) is 4.24. The minimum Gasteiger partial charge on any atom is -0.378 e. The van der Waals surface area contributed by atoms with E-state index in [2.05, 4.69) is 56.9 Å². The van der Waals surface area contributed by atoms with Gasteiger partial charge in [-0.3, -0.25) is 4.99 Å². The Kier molecular flexibility index (Phi) is 8.18. The molecular formula is C17H36N4O. The van der Waals surface area contributed by atoms with Crippen molar-refractivity contribution in [1.82, 2.24) is 15.1 Å². The maximum atomic E-state index is 5.74. The Hall–Kier alpha value is -0.810. The minimum absolute atomic E-state index is 0.188. The van der Waals surface area contributed by atoms with Crippen LogP contribution in [0, 0.1) is 5.41 Å². The molecule has 1 heterocycles. The van der Waals surface area contributed by atoms with Crippen LogP contribution in [0.2, 0.25) is 0 Å². The monoisotopic (exact) mass is 312 g/mol. The van der Waals surface area contributed by atoms with Crippen LogP contribution in [-0.2, 0) is 4.74 Å². The summed E-state index contributed by atoms with van der Waals surface area (Å²) in [5, 5.41) is 3.45. The Bertz CT molecular complexity index is 334. The van der Waals surface area contributed by atoms with Crippen LogP contribution in [0.15, 0.2) is 4.99 Å². The van der Waals surface area contributed by atoms with E-state index in [1.165, 1.54) is 0 Å². The molecule has 1 aliphatic heterocycles. The van der Waals surface area contributed by atoms with Crippen LogP contribution in [0.3, 0.4) is 0 Å². The summed E-state index contributed by atoms with van der Waals surface area (Å²) in [5.74, 6) is 1.06. The van der Waals surface area contributed by atoms with Crippen LogP contribution in [-0.4, -0.2) is 75.3 Å². The van der Waals surface area contributed by atoms with Crippen molar-refractivity contribution in [1.29, 1.82) is 0 Å². The summed E-state index contributed by atoms with van der Waals surface area (Å²) < 4.78 is 5.74. The molecule has 0 saturated carbocycles. The van der Waals surface area contributed by atoms with Crippen molar-refractivity contribution in [2.24, 2.45) is 10.4 Å². The van der Waals surface area contributed by atoms with E-state index >= 15 is 0 Å². The fraction of sp³-hybridized carbons (Fsp3) is 0.941. The SMILES string of the molecule is CCNC(=NCC(C)(C)CN(C)C)N1CCC(OCC)CC1. The highest BCUT2D eigenvalue weighted by Gasteiger charge is 2.23. The first-order valence-electron chi connectivity index (χ1n) is 8.67. The van der Waals surface area contributed by atoms with Gasteiger partial charge < -0.3 is 19.9 Å². The Morgan fingerprint density at radius 1 is 1.27 bits per heavy atom. The lowest BCUT2D eigenvalue weighted by atomic mass is 9.93. The van der Waals surface area contributed by atoms with Crippen LogP contribution in [0.25, 0.3) is 0 Å². The number of hydrogen-bond donors (Lipinski definition) is 1. The van der Waals surface area contributed by atoms with Gasteiger partial charge in [0.05, 0.1) is 6.10 Å². The third-order valence-corrected chi connectivity index (χ3v) is 3.88. The van der Waals surface area contributed by atoms with Crippen molar-refractivity contribution in [3.63, 3.8) is 0 Å². The molecule has 0 aromatic rings. The van der Waals surface area contributed by atoms with E-state index in [9.17, 15) is 0 Å². The molecule has 5 nitrogen and oxygen atoms in total. The number of rotatable bonds is 7. The van der Waals surface area contributed by atoms with Crippen LogP contribution >= 0.6 is 0 Å². The minimum atomic E-state index is 0.188. The van der Waals surface area contributed by atoms with Gasteiger partial charge in [0.25, 0.3) is 0 Å². The van der Waals surface area contributed by atoms with Crippen LogP contribution < -0.4 is 5.32 Å². The predicted molar refractivity (Wildman–Crippen MR) is 94.5 cm³/mol. The lowest BCUT2D eigenvalue weighted by Gasteiger charge is -2.35. The van der Waals surface area contributed by atoms with Gasteiger partial charge in [0.2, 0.25) is 0 Å². The average molecular weight is 313 g/mol. The van der Waals surface area contributed by atoms with Gasteiger partial charge >= 0.3 is 0 Å². The lowest BCUT2D eigenvalue weighted by Crippen LogP contribution is -2.47. The van der Waals surface area contributed by atoms with Gasteiger partial charge in [0.15, 0.2) is 5.96 Å². The highest BCUT2D eigenvalue weighted by atomic mass is 16.5. The molecule has 5 heteroatoms. The molecule has 0 radical (unpaired) electrons. The van der Waals surface area contributed by atoms with Crippen LogP contribution in [0.1, 0.15) is 40.5 Å². The molecule has 1 saturated heterocycles. The summed E-state index contributed by atoms with van der Waals surface area (Å²) in [5.41, 5.74) is 0.188. The average Bonchev–Trinajstić information content (AvgIpc) is 2.43. The van der Waals surface area contributed by atoms with E-state index in [-0.39, 0.29) is 5.41 Å². The second-order valence-electron chi connectivity index (χ2n) is 7.21. The molecule has 0 amide bonds. The normalized spacial score (nSPS) is 18.1. The molecule has 1 rings (SSSR count). The molecule has 130 valence electrons. The van der Waals surface area contributed by atoms with E-state index < -0.39 is 0 Å². The van der Waals surface area contributed by atoms with E-state index in [0.717, 1.165) is 58.1 Å². The molecule has 1 aliphatic rings. The Morgan fingerprint density at radius 3 is 2.41 bits per heavy atom. The zero-order chi connectivity index (χ0) is 16.6. The second-order valence-corrected chi connectivity index (χ2v) is 7.21. The zero-order valence-corrected chi connectivity index (χ0v) is 15.5. The summed E-state index contributed by atoms with van der Waals surface area (Å²) >= 11 is 0. The second kappa shape index (κ2) is 9.36. The highest BCUT2D eigenvalue weighted by molar-refractivity contribution is 5.80. The number of ether oxygens (including phenoxy) is 1. The van der Waals surface area contributed by atoms with E-state index in [4.69, 9.17) is 9.73 Å². The first kappa shape index (κ1) is 19.2. The number of likely N-dealkylation sites (tertiary alicyclic amines) is 1. The van der Waals surface area contributed by atoms with Crippen molar-refractivity contribution in [2.45, 2.75) is 46.6 Å². The van der Waals surface area contributed by atoms with Crippen LogP contribution in [0.4, 0.5) is 0 Å². The predicted octanol–water partition coefficient (Wildman–Crippen LogP) is 2.04. The quantitative estimate of drug-likeness (QED) is 0.577. The third-order valence-electron chi connectivity index (χ3n) is 3.88. The maximum absolute atomic E-state index is 5.74. The Labute approximate surface area is 137 Å². The van der Waals surface area contributed by atoms with Crippen molar-refractivity contribution in [3.05, 3.63) is 0 Å². The van der Waals surface area contributed by atoms with Crippen molar-refractivity contribution in [3.8, 4) is 0 Å². The summed E-state index contributed by atoms with van der Waals surface area (Å²) in [6.45, 7) is 14.5. The fourth-order valence-corrected chi connectivity index (χ4v) is 3.09. The summed E-state index contributed by atoms with van der Waals surface area (Å²) in [6, 6.07) is 0. The number of guanidine groups is 1. The standard InChI is InChI=1S/C17H36N4O/c1-7-18-16(19-13-17(3,4)14-20(5)6)21-11-9-15(10-12-21)22-8-2/h15H,7-14H2,1-6H3,(H,18,19). The number of hydrogen-bond acceptors (Lipinski definition) is 3. The van der Waals surface area contributed by atoms with Gasteiger partial charge in [0, 0.05) is 39.3 Å². The van der Waals surface area contributed by atoms with E-state index in [0.29, 0.717) is 6.10 Å². The highest BCUT2D eigenvalue weighted by Crippen LogP contribution is 2.18. The molecule has 22 heavy (non-hydrogen) atoms. The molecular weight excluding hydrogens is 276 g/mol. The van der Waals surface area contributed by atoms with Gasteiger partial charge in [0.1, 0.15) is 0 Å². The summed E-state index contributed by atoms with van der Waals surface area (Å²) in [6.07, 6.45) is 2.62. The number of nitrogens with zero attached hydrogens (tertiary/aromatic N) is 3. The molecule has 0 aliphatic carbocycles. The number of aliphatic imine (C=N–C) groups is 1. The largest absolute Gasteiger partial charge is 0.378 e. The molecule has 0 aromatic carbocycles. The molecule has 1 fully saturated rings.